The van der Waals surface area contributed by atoms with Crippen LogP contribution in [0.25, 0.3) is 0 Å². The zero-order valence-electron chi connectivity index (χ0n) is 8.22. The van der Waals surface area contributed by atoms with Crippen molar-refractivity contribution in [3.63, 3.8) is 0 Å². The Balaban J connectivity index is 2.09. The summed E-state index contributed by atoms with van der Waals surface area (Å²) < 4.78 is 0. The number of alkyl halides is 1. The predicted molar refractivity (Wildman–Crippen MR) is 54.8 cm³/mol. The Labute approximate surface area is 81.1 Å². The zero-order chi connectivity index (χ0) is 8.97. The van der Waals surface area contributed by atoms with Crippen molar-refractivity contribution in [3.05, 3.63) is 0 Å². The summed E-state index contributed by atoms with van der Waals surface area (Å²) in [4.78, 5) is 2.54. The normalized spacial score (nSPS) is 24.2. The van der Waals surface area contributed by atoms with E-state index in [4.69, 9.17) is 11.6 Å². The quantitative estimate of drug-likeness (QED) is 0.618. The molecular weight excluding hydrogens is 170 g/mol. The van der Waals surface area contributed by atoms with Crippen LogP contribution in [0.2, 0.25) is 0 Å². The smallest absolute Gasteiger partial charge is 0.0320 e. The molecule has 1 rings (SSSR count). The molecule has 12 heavy (non-hydrogen) atoms. The van der Waals surface area contributed by atoms with Gasteiger partial charge in [-0.2, -0.15) is 0 Å². The first-order valence-corrected chi connectivity index (χ1v) is 5.48. The molecule has 0 aromatic rings. The summed E-state index contributed by atoms with van der Waals surface area (Å²) in [6, 6.07) is 0. The van der Waals surface area contributed by atoms with E-state index in [0.29, 0.717) is 5.38 Å². The molecule has 0 bridgehead atoms. The van der Waals surface area contributed by atoms with Crippen molar-refractivity contribution < 1.29 is 0 Å². The lowest BCUT2D eigenvalue weighted by Crippen LogP contribution is -2.34. The highest BCUT2D eigenvalue weighted by molar-refractivity contribution is 6.20. The van der Waals surface area contributed by atoms with Gasteiger partial charge in [-0.25, -0.2) is 0 Å². The average Bonchev–Trinajstić information content (AvgIpc) is 2.03. The predicted octanol–water partition coefficient (Wildman–Crippen LogP) is 2.74. The highest BCUT2D eigenvalue weighted by Crippen LogP contribution is 2.16. The van der Waals surface area contributed by atoms with E-state index >= 15 is 0 Å². The summed E-state index contributed by atoms with van der Waals surface area (Å²) in [5.74, 6) is 0.940. The molecule has 0 aliphatic carbocycles. The van der Waals surface area contributed by atoms with Gasteiger partial charge in [0, 0.05) is 5.38 Å². The van der Waals surface area contributed by atoms with Gasteiger partial charge in [0.1, 0.15) is 0 Å². The molecular formula is C10H20ClN. The molecule has 1 aliphatic heterocycles. The number of halogens is 1. The summed E-state index contributed by atoms with van der Waals surface area (Å²) in [6.45, 7) is 8.18. The molecule has 1 unspecified atom stereocenters. The van der Waals surface area contributed by atoms with Crippen LogP contribution in [0.3, 0.4) is 0 Å². The molecule has 0 amide bonds. The van der Waals surface area contributed by atoms with E-state index < -0.39 is 0 Å². The maximum absolute atomic E-state index is 5.90. The summed E-state index contributed by atoms with van der Waals surface area (Å²) in [5.41, 5.74) is 0. The van der Waals surface area contributed by atoms with Gasteiger partial charge >= 0.3 is 0 Å². The third-order valence-electron chi connectivity index (χ3n) is 2.72. The first-order valence-electron chi connectivity index (χ1n) is 5.05. The van der Waals surface area contributed by atoms with Crippen LogP contribution in [-0.2, 0) is 0 Å². The summed E-state index contributed by atoms with van der Waals surface area (Å²) >= 11 is 5.90. The highest BCUT2D eigenvalue weighted by Gasteiger charge is 2.15. The van der Waals surface area contributed by atoms with Crippen LogP contribution >= 0.6 is 11.6 Å². The zero-order valence-corrected chi connectivity index (χ0v) is 8.98. The van der Waals surface area contributed by atoms with Gasteiger partial charge in [-0.15, -0.1) is 11.6 Å². The SMILES string of the molecule is CC(Cl)CCN1CCC(C)CC1. The second-order valence-corrected chi connectivity index (χ2v) is 4.84. The molecule has 0 aromatic heterocycles. The van der Waals surface area contributed by atoms with E-state index in [1.165, 1.54) is 32.5 Å². The fourth-order valence-corrected chi connectivity index (χ4v) is 1.74. The van der Waals surface area contributed by atoms with Gasteiger partial charge in [-0.3, -0.25) is 0 Å². The summed E-state index contributed by atoms with van der Waals surface area (Å²) in [7, 11) is 0. The number of hydrogen-bond acceptors (Lipinski definition) is 1. The molecule has 0 saturated carbocycles. The van der Waals surface area contributed by atoms with Gasteiger partial charge in [-0.1, -0.05) is 6.92 Å². The van der Waals surface area contributed by atoms with Crippen molar-refractivity contribution in [2.24, 2.45) is 5.92 Å². The molecule has 1 atom stereocenters. The first kappa shape index (κ1) is 10.3. The van der Waals surface area contributed by atoms with Gasteiger partial charge in [0.15, 0.2) is 0 Å². The van der Waals surface area contributed by atoms with Crippen LogP contribution in [-0.4, -0.2) is 29.9 Å². The maximum atomic E-state index is 5.90. The third kappa shape index (κ3) is 3.77. The Morgan fingerprint density at radius 3 is 2.50 bits per heavy atom. The average molecular weight is 190 g/mol. The lowest BCUT2D eigenvalue weighted by atomic mass is 9.99. The number of piperidine rings is 1. The van der Waals surface area contributed by atoms with E-state index in [-0.39, 0.29) is 0 Å². The van der Waals surface area contributed by atoms with Crippen molar-refractivity contribution in [1.82, 2.24) is 4.90 Å². The lowest BCUT2D eigenvalue weighted by molar-refractivity contribution is 0.190. The molecule has 72 valence electrons. The van der Waals surface area contributed by atoms with E-state index in [1.807, 2.05) is 0 Å². The van der Waals surface area contributed by atoms with Crippen LogP contribution in [0, 0.1) is 5.92 Å². The molecule has 1 saturated heterocycles. The van der Waals surface area contributed by atoms with Crippen molar-refractivity contribution in [2.45, 2.75) is 38.5 Å². The molecule has 1 fully saturated rings. The van der Waals surface area contributed by atoms with Crippen LogP contribution in [0.1, 0.15) is 33.1 Å². The Morgan fingerprint density at radius 2 is 2.00 bits per heavy atom. The van der Waals surface area contributed by atoms with Crippen molar-refractivity contribution in [1.29, 1.82) is 0 Å². The summed E-state index contributed by atoms with van der Waals surface area (Å²) in [6.07, 6.45) is 3.88. The largest absolute Gasteiger partial charge is 0.303 e. The molecule has 2 heteroatoms. The molecule has 0 radical (unpaired) electrons. The van der Waals surface area contributed by atoms with E-state index in [2.05, 4.69) is 18.7 Å². The van der Waals surface area contributed by atoms with E-state index in [9.17, 15) is 0 Å². The Bertz CT molecular complexity index is 117. The molecule has 0 spiro atoms. The van der Waals surface area contributed by atoms with Crippen LogP contribution in [0.4, 0.5) is 0 Å². The Hall–Kier alpha value is 0.250. The molecule has 0 N–H and O–H groups in total. The molecule has 1 aliphatic rings. The number of hydrogen-bond donors (Lipinski definition) is 0. The molecule has 0 aromatic carbocycles. The van der Waals surface area contributed by atoms with Gasteiger partial charge in [0.05, 0.1) is 0 Å². The minimum atomic E-state index is 0.337. The van der Waals surface area contributed by atoms with Crippen LogP contribution in [0.15, 0.2) is 0 Å². The van der Waals surface area contributed by atoms with Crippen LogP contribution in [0.5, 0.6) is 0 Å². The van der Waals surface area contributed by atoms with Crippen molar-refractivity contribution in [3.8, 4) is 0 Å². The Kier molecular flexibility index (Phi) is 4.38. The number of nitrogens with zero attached hydrogens (tertiary/aromatic N) is 1. The summed E-state index contributed by atoms with van der Waals surface area (Å²) in [5, 5.41) is 0.337. The highest BCUT2D eigenvalue weighted by atomic mass is 35.5. The lowest BCUT2D eigenvalue weighted by Gasteiger charge is -2.30. The second-order valence-electron chi connectivity index (χ2n) is 4.09. The van der Waals surface area contributed by atoms with Crippen molar-refractivity contribution in [2.75, 3.05) is 19.6 Å². The van der Waals surface area contributed by atoms with Gasteiger partial charge in [-0.05, 0) is 51.7 Å². The number of rotatable bonds is 3. The first-order chi connectivity index (χ1) is 5.68. The number of likely N-dealkylation sites (tertiary alicyclic amines) is 1. The standard InChI is InChI=1S/C10H20ClN/c1-9-3-6-12(7-4-9)8-5-10(2)11/h9-10H,3-8H2,1-2H3. The molecule has 1 nitrogen and oxygen atoms in total. The third-order valence-corrected chi connectivity index (χ3v) is 2.94. The van der Waals surface area contributed by atoms with Gasteiger partial charge < -0.3 is 4.90 Å². The maximum Gasteiger partial charge on any atom is 0.0320 e. The molecule has 1 heterocycles. The monoisotopic (exact) mass is 189 g/mol. The fourth-order valence-electron chi connectivity index (χ4n) is 1.65. The fraction of sp³-hybridized carbons (Fsp3) is 1.00. The minimum absolute atomic E-state index is 0.337. The topological polar surface area (TPSA) is 3.24 Å². The van der Waals surface area contributed by atoms with Crippen LogP contribution < -0.4 is 0 Å². The van der Waals surface area contributed by atoms with Gasteiger partial charge in [0.25, 0.3) is 0 Å². The van der Waals surface area contributed by atoms with Gasteiger partial charge in [0.2, 0.25) is 0 Å². The Morgan fingerprint density at radius 1 is 1.42 bits per heavy atom. The van der Waals surface area contributed by atoms with E-state index in [0.717, 1.165) is 12.3 Å². The van der Waals surface area contributed by atoms with E-state index in [1.54, 1.807) is 0 Å². The van der Waals surface area contributed by atoms with Crippen molar-refractivity contribution >= 4 is 11.6 Å². The second kappa shape index (κ2) is 5.08. The minimum Gasteiger partial charge on any atom is -0.303 e.